The molecule has 2 aromatic carbocycles. The van der Waals surface area contributed by atoms with Crippen LogP contribution >= 0.6 is 0 Å². The number of carbonyl (C=O) groups excluding carboxylic acids is 1. The zero-order valence-electron chi connectivity index (χ0n) is 19.2. The Morgan fingerprint density at radius 2 is 1.67 bits per heavy atom. The number of fused-ring (bicyclic) bond motifs is 1. The van der Waals surface area contributed by atoms with Crippen molar-refractivity contribution in [3.8, 4) is 11.8 Å². The molecule has 0 aliphatic carbocycles. The van der Waals surface area contributed by atoms with Gasteiger partial charge in [-0.05, 0) is 50.1 Å². The summed E-state index contributed by atoms with van der Waals surface area (Å²) < 4.78 is 32.1. The quantitative estimate of drug-likeness (QED) is 0.410. The van der Waals surface area contributed by atoms with Crippen LogP contribution in [0, 0.1) is 11.3 Å². The Morgan fingerprint density at radius 1 is 1.03 bits per heavy atom. The van der Waals surface area contributed by atoms with E-state index in [2.05, 4.69) is 11.0 Å². The molecule has 0 aromatic heterocycles. The molecule has 2 heterocycles. The third-order valence-corrected chi connectivity index (χ3v) is 7.55. The minimum Gasteiger partial charge on any atom is -0.488 e. The summed E-state index contributed by atoms with van der Waals surface area (Å²) in [5.74, 6) is -3.47. The van der Waals surface area contributed by atoms with Gasteiger partial charge in [0.15, 0.2) is 0 Å². The number of aliphatic carboxylic acids is 2. The van der Waals surface area contributed by atoms with Crippen molar-refractivity contribution in [3.63, 3.8) is 0 Å². The van der Waals surface area contributed by atoms with E-state index < -0.39 is 27.9 Å². The molecular formula is C24H25N3O8S. The van der Waals surface area contributed by atoms with E-state index in [1.807, 2.05) is 18.2 Å². The van der Waals surface area contributed by atoms with Gasteiger partial charge < -0.3 is 14.9 Å². The van der Waals surface area contributed by atoms with Crippen molar-refractivity contribution in [2.24, 2.45) is 0 Å². The number of para-hydroxylation sites is 1. The Bertz CT molecular complexity index is 1280. The minimum atomic E-state index is -3.72. The number of benzene rings is 2. The van der Waals surface area contributed by atoms with Crippen molar-refractivity contribution >= 4 is 27.9 Å². The Balaban J connectivity index is 0.000000538. The topological polar surface area (TPSA) is 165 Å². The highest BCUT2D eigenvalue weighted by atomic mass is 32.2. The number of nitrogens with zero attached hydrogens (tertiary/aromatic N) is 3. The molecule has 11 nitrogen and oxygen atoms in total. The Morgan fingerprint density at radius 3 is 2.33 bits per heavy atom. The largest absolute Gasteiger partial charge is 0.488 e. The first-order valence-corrected chi connectivity index (χ1v) is 12.6. The number of unbranched alkanes of at least 4 members (excludes halogenated alkanes) is 1. The van der Waals surface area contributed by atoms with E-state index in [0.717, 1.165) is 36.8 Å². The molecule has 2 aliphatic heterocycles. The zero-order chi connectivity index (χ0) is 26.3. The molecule has 0 saturated carbocycles. The number of ether oxygens (including phenoxy) is 1. The van der Waals surface area contributed by atoms with Gasteiger partial charge in [-0.3, -0.25) is 9.69 Å². The normalized spacial score (nSPS) is 18.0. The van der Waals surface area contributed by atoms with Crippen LogP contribution in [-0.2, 0) is 19.6 Å². The third kappa shape index (κ3) is 6.18. The molecule has 1 atom stereocenters. The Kier molecular flexibility index (Phi) is 8.63. The summed E-state index contributed by atoms with van der Waals surface area (Å²) in [5, 5.41) is 24.0. The van der Waals surface area contributed by atoms with Crippen LogP contribution in [0.3, 0.4) is 0 Å². The van der Waals surface area contributed by atoms with E-state index >= 15 is 0 Å². The molecule has 1 saturated heterocycles. The third-order valence-electron chi connectivity index (χ3n) is 5.71. The lowest BCUT2D eigenvalue weighted by Crippen LogP contribution is -2.32. The van der Waals surface area contributed by atoms with Gasteiger partial charge in [-0.15, -0.1) is 0 Å². The molecule has 2 N–H and O–H groups in total. The lowest BCUT2D eigenvalue weighted by Gasteiger charge is -2.18. The van der Waals surface area contributed by atoms with Crippen molar-refractivity contribution in [2.75, 3.05) is 26.2 Å². The fraction of sp³-hybridized carbons (Fsp3) is 0.333. The van der Waals surface area contributed by atoms with E-state index in [1.165, 1.54) is 6.07 Å². The predicted octanol–water partition coefficient (Wildman–Crippen LogP) is 1.79. The Hall–Kier alpha value is -3.95. The summed E-state index contributed by atoms with van der Waals surface area (Å²) in [6.45, 7) is 2.67. The van der Waals surface area contributed by atoms with Crippen molar-refractivity contribution in [2.45, 2.75) is 30.3 Å². The maximum Gasteiger partial charge on any atom is 0.414 e. The zero-order valence-corrected chi connectivity index (χ0v) is 20.1. The van der Waals surface area contributed by atoms with Crippen LogP contribution in [0.1, 0.15) is 35.2 Å². The number of sulfonamides is 1. The van der Waals surface area contributed by atoms with Gasteiger partial charge in [0.1, 0.15) is 22.8 Å². The molecule has 0 bridgehead atoms. The van der Waals surface area contributed by atoms with Crippen LogP contribution in [0.15, 0.2) is 53.4 Å². The van der Waals surface area contributed by atoms with Crippen LogP contribution in [0.4, 0.5) is 0 Å². The molecule has 1 unspecified atom stereocenters. The van der Waals surface area contributed by atoms with E-state index in [1.54, 1.807) is 24.3 Å². The first kappa shape index (κ1) is 26.7. The molecular weight excluding hydrogens is 490 g/mol. The van der Waals surface area contributed by atoms with Crippen LogP contribution in [0.2, 0.25) is 0 Å². The number of likely N-dealkylation sites (tertiary alicyclic amines) is 1. The van der Waals surface area contributed by atoms with Gasteiger partial charge in [-0.2, -0.15) is 5.26 Å². The van der Waals surface area contributed by atoms with E-state index in [0.29, 0.717) is 17.7 Å². The summed E-state index contributed by atoms with van der Waals surface area (Å²) in [5.41, 5.74) is 0.795. The van der Waals surface area contributed by atoms with Gasteiger partial charge in [0.25, 0.3) is 15.9 Å². The van der Waals surface area contributed by atoms with Crippen molar-refractivity contribution < 1.29 is 37.8 Å². The molecule has 2 aliphatic rings. The molecule has 2 aromatic rings. The molecule has 0 radical (unpaired) electrons. The standard InChI is InChI=1S/C22H23N3O4S.C2H2O4/c23-15-17-7-1-3-9-20(17)29-18-11-14-24(16-18)12-5-6-13-25-22(26)19-8-2-4-10-21(19)30(25,27)28;3-1(4)2(5)6/h1-4,7-10,18H,5-6,11-14,16H2;(H,3,4)(H,5,6). The molecule has 12 heteroatoms. The minimum absolute atomic E-state index is 0.0366. The highest BCUT2D eigenvalue weighted by Gasteiger charge is 2.40. The van der Waals surface area contributed by atoms with Crippen LogP contribution < -0.4 is 4.74 Å². The molecule has 36 heavy (non-hydrogen) atoms. The lowest BCUT2D eigenvalue weighted by atomic mass is 10.2. The first-order chi connectivity index (χ1) is 17.1. The Labute approximate surface area is 208 Å². The molecule has 0 spiro atoms. The molecule has 4 rings (SSSR count). The number of rotatable bonds is 7. The SMILES string of the molecule is N#Cc1ccccc1OC1CCN(CCCCN2C(=O)c3ccccc3S2(=O)=O)C1.O=C(O)C(=O)O. The average molecular weight is 516 g/mol. The van der Waals surface area contributed by atoms with E-state index in [-0.39, 0.29) is 23.1 Å². The first-order valence-electron chi connectivity index (χ1n) is 11.2. The summed E-state index contributed by atoms with van der Waals surface area (Å²) in [4.78, 5) is 33.0. The summed E-state index contributed by atoms with van der Waals surface area (Å²) in [7, 11) is -3.72. The monoisotopic (exact) mass is 515 g/mol. The number of carboxylic acid groups (broad SMARTS) is 2. The predicted molar refractivity (Wildman–Crippen MR) is 126 cm³/mol. The van der Waals surface area contributed by atoms with Gasteiger partial charge in [0, 0.05) is 19.6 Å². The van der Waals surface area contributed by atoms with Crippen molar-refractivity contribution in [1.29, 1.82) is 5.26 Å². The number of carboxylic acids is 2. The van der Waals surface area contributed by atoms with Crippen molar-refractivity contribution in [3.05, 3.63) is 59.7 Å². The fourth-order valence-corrected chi connectivity index (χ4v) is 5.59. The van der Waals surface area contributed by atoms with Crippen LogP contribution in [0.5, 0.6) is 5.75 Å². The number of nitriles is 1. The van der Waals surface area contributed by atoms with Gasteiger partial charge in [0.05, 0.1) is 11.1 Å². The number of carbonyl (C=O) groups is 3. The van der Waals surface area contributed by atoms with Crippen LogP contribution in [-0.4, -0.2) is 78.0 Å². The maximum atomic E-state index is 12.6. The van der Waals surface area contributed by atoms with Gasteiger partial charge >= 0.3 is 11.9 Å². The average Bonchev–Trinajstić information content (AvgIpc) is 3.38. The van der Waals surface area contributed by atoms with E-state index in [4.69, 9.17) is 24.5 Å². The summed E-state index contributed by atoms with van der Waals surface area (Å²) >= 11 is 0. The highest BCUT2D eigenvalue weighted by Crippen LogP contribution is 2.30. The van der Waals surface area contributed by atoms with Gasteiger partial charge in [0.2, 0.25) is 0 Å². The lowest BCUT2D eigenvalue weighted by molar-refractivity contribution is -0.159. The molecule has 1 amide bonds. The van der Waals surface area contributed by atoms with Gasteiger partial charge in [-0.1, -0.05) is 24.3 Å². The van der Waals surface area contributed by atoms with E-state index in [9.17, 15) is 18.5 Å². The molecule has 190 valence electrons. The second-order valence-electron chi connectivity index (χ2n) is 8.13. The van der Waals surface area contributed by atoms with Gasteiger partial charge in [-0.25, -0.2) is 22.3 Å². The van der Waals surface area contributed by atoms with Crippen molar-refractivity contribution in [1.82, 2.24) is 9.21 Å². The highest BCUT2D eigenvalue weighted by molar-refractivity contribution is 7.90. The summed E-state index contributed by atoms with van der Waals surface area (Å²) in [6.07, 6.45) is 2.32. The number of amides is 1. The fourth-order valence-electron chi connectivity index (χ4n) is 3.98. The second kappa shape index (κ2) is 11.7. The second-order valence-corrected chi connectivity index (χ2v) is 9.96. The molecule has 1 fully saturated rings. The number of hydrogen-bond donors (Lipinski definition) is 2. The number of hydrogen-bond acceptors (Lipinski definition) is 8. The van der Waals surface area contributed by atoms with Crippen LogP contribution in [0.25, 0.3) is 0 Å². The summed E-state index contributed by atoms with van der Waals surface area (Å²) in [6, 6.07) is 15.7. The maximum absolute atomic E-state index is 12.6. The smallest absolute Gasteiger partial charge is 0.414 e.